The molecule has 38 heavy (non-hydrogen) atoms. The minimum absolute atomic E-state index is 0.117. The number of sulfonamides is 1. The number of nitrogens with one attached hydrogen (secondary N) is 3. The van der Waals surface area contributed by atoms with Crippen LogP contribution in [-0.4, -0.2) is 30.7 Å². The van der Waals surface area contributed by atoms with Gasteiger partial charge in [-0.2, -0.15) is 5.26 Å². The number of hydrogen-bond acceptors (Lipinski definition) is 6. The molecule has 1 saturated carbocycles. The molecule has 0 saturated heterocycles. The Morgan fingerprint density at radius 1 is 1.13 bits per heavy atom. The van der Waals surface area contributed by atoms with Gasteiger partial charge in [0.05, 0.1) is 33.5 Å². The molecular weight excluding hydrogens is 526 g/mol. The van der Waals surface area contributed by atoms with E-state index in [9.17, 15) is 31.6 Å². The highest BCUT2D eigenvalue weighted by molar-refractivity contribution is 7.92. The zero-order valence-electron chi connectivity index (χ0n) is 19.3. The number of nitriles is 1. The molecule has 8 nitrogen and oxygen atoms in total. The third-order valence-electron chi connectivity index (χ3n) is 6.08. The highest BCUT2D eigenvalue weighted by Crippen LogP contribution is 2.35. The molecule has 0 amide bonds. The van der Waals surface area contributed by atoms with Crippen LogP contribution in [0.15, 0.2) is 47.6 Å². The minimum atomic E-state index is -4.86. The number of rotatable bonds is 8. The van der Waals surface area contributed by atoms with Crippen LogP contribution in [0, 0.1) is 40.5 Å². The minimum Gasteiger partial charge on any atom is -0.383 e. The van der Waals surface area contributed by atoms with Crippen molar-refractivity contribution in [1.82, 2.24) is 9.97 Å². The number of aromatic amines is 1. The summed E-state index contributed by atoms with van der Waals surface area (Å²) in [7, 11) is -4.86. The van der Waals surface area contributed by atoms with Crippen molar-refractivity contribution in [3.63, 3.8) is 0 Å². The van der Waals surface area contributed by atoms with Crippen LogP contribution in [0.4, 0.5) is 28.9 Å². The summed E-state index contributed by atoms with van der Waals surface area (Å²) in [5, 5.41) is 12.8. The molecule has 0 aliphatic heterocycles. The standard InChI is InChI=1S/C25H17F4N5O3S/c26-14-3-4-16(27)19(7-14)38(36,37)34-18-6-5-17(28)21(22(18)29)24(35)15-11-33-25-20(15)23(13(8-30)10-32-25)31-9-12-1-2-12/h3-7,10-12,34H,1-2,9H2,(H2,31,32,33). The zero-order chi connectivity index (χ0) is 27.2. The Balaban J connectivity index is 1.57. The topological polar surface area (TPSA) is 128 Å². The molecule has 5 rings (SSSR count). The Morgan fingerprint density at radius 3 is 2.58 bits per heavy atom. The fourth-order valence-electron chi connectivity index (χ4n) is 3.97. The van der Waals surface area contributed by atoms with E-state index >= 15 is 4.39 Å². The van der Waals surface area contributed by atoms with Crippen molar-refractivity contribution < 1.29 is 30.8 Å². The summed E-state index contributed by atoms with van der Waals surface area (Å²) in [5.74, 6) is -5.98. The maximum atomic E-state index is 15.5. The molecule has 194 valence electrons. The van der Waals surface area contributed by atoms with Crippen molar-refractivity contribution in [2.45, 2.75) is 17.7 Å². The SMILES string of the molecule is N#Cc1cnc2[nH]cc(C(=O)c3c(F)ccc(NS(=O)(=O)c4cc(F)ccc4F)c3F)c2c1NCC1CC1. The van der Waals surface area contributed by atoms with Gasteiger partial charge in [-0.05, 0) is 49.1 Å². The van der Waals surface area contributed by atoms with Gasteiger partial charge < -0.3 is 10.3 Å². The number of fused-ring (bicyclic) bond motifs is 1. The van der Waals surface area contributed by atoms with Gasteiger partial charge in [0.1, 0.15) is 34.1 Å². The van der Waals surface area contributed by atoms with E-state index in [1.165, 1.54) is 12.4 Å². The average molecular weight is 544 g/mol. The van der Waals surface area contributed by atoms with Gasteiger partial charge in [-0.3, -0.25) is 9.52 Å². The first-order valence-corrected chi connectivity index (χ1v) is 12.7. The summed E-state index contributed by atoms with van der Waals surface area (Å²) < 4.78 is 84.9. The highest BCUT2D eigenvalue weighted by atomic mass is 32.2. The lowest BCUT2D eigenvalue weighted by Gasteiger charge is -2.13. The molecule has 1 fully saturated rings. The number of carbonyl (C=O) groups is 1. The zero-order valence-corrected chi connectivity index (χ0v) is 20.1. The van der Waals surface area contributed by atoms with E-state index < -0.39 is 55.2 Å². The van der Waals surface area contributed by atoms with Gasteiger partial charge >= 0.3 is 0 Å². The van der Waals surface area contributed by atoms with Gasteiger partial charge in [0.15, 0.2) is 5.82 Å². The maximum Gasteiger partial charge on any atom is 0.265 e. The first kappa shape index (κ1) is 25.2. The van der Waals surface area contributed by atoms with Gasteiger partial charge in [-0.15, -0.1) is 0 Å². The number of H-pyrrole nitrogens is 1. The Labute approximate surface area is 213 Å². The second-order valence-electron chi connectivity index (χ2n) is 8.70. The van der Waals surface area contributed by atoms with Crippen LogP contribution < -0.4 is 10.0 Å². The van der Waals surface area contributed by atoms with Crippen LogP contribution in [-0.2, 0) is 10.0 Å². The average Bonchev–Trinajstić information content (AvgIpc) is 3.61. The molecular formula is C25H17F4N5O3S. The van der Waals surface area contributed by atoms with Gasteiger partial charge in [-0.25, -0.2) is 31.0 Å². The number of benzene rings is 2. The summed E-state index contributed by atoms with van der Waals surface area (Å²) in [4.78, 5) is 19.2. The molecule has 0 radical (unpaired) electrons. The van der Waals surface area contributed by atoms with Crippen LogP contribution in [0.3, 0.4) is 0 Å². The number of aromatic nitrogens is 2. The van der Waals surface area contributed by atoms with Crippen LogP contribution in [0.25, 0.3) is 11.0 Å². The summed E-state index contributed by atoms with van der Waals surface area (Å²) in [6, 6.07) is 5.03. The predicted molar refractivity (Wildman–Crippen MR) is 129 cm³/mol. The lowest BCUT2D eigenvalue weighted by molar-refractivity contribution is 0.103. The molecule has 3 N–H and O–H groups in total. The van der Waals surface area contributed by atoms with Crippen molar-refractivity contribution >= 4 is 38.2 Å². The normalized spacial score (nSPS) is 13.3. The number of ketones is 1. The van der Waals surface area contributed by atoms with E-state index in [1.54, 1.807) is 4.72 Å². The molecule has 1 aliphatic rings. The van der Waals surface area contributed by atoms with Crippen LogP contribution >= 0.6 is 0 Å². The Hall–Kier alpha value is -4.44. The number of nitrogens with zero attached hydrogens (tertiary/aromatic N) is 2. The second-order valence-corrected chi connectivity index (χ2v) is 10.4. The lowest BCUT2D eigenvalue weighted by Crippen LogP contribution is -2.18. The third kappa shape index (κ3) is 4.54. The van der Waals surface area contributed by atoms with Crippen LogP contribution in [0.5, 0.6) is 0 Å². The summed E-state index contributed by atoms with van der Waals surface area (Å²) >= 11 is 0. The number of pyridine rings is 1. The molecule has 4 aromatic rings. The summed E-state index contributed by atoms with van der Waals surface area (Å²) in [6.07, 6.45) is 4.48. The largest absolute Gasteiger partial charge is 0.383 e. The first-order valence-electron chi connectivity index (χ1n) is 11.3. The second kappa shape index (κ2) is 9.46. The van der Waals surface area contributed by atoms with Gasteiger partial charge in [0.25, 0.3) is 10.0 Å². The number of anilines is 2. The van der Waals surface area contributed by atoms with Crippen LogP contribution in [0.2, 0.25) is 0 Å². The van der Waals surface area contributed by atoms with Crippen molar-refractivity contribution in [2.24, 2.45) is 5.92 Å². The van der Waals surface area contributed by atoms with Crippen molar-refractivity contribution in [3.05, 3.63) is 82.7 Å². The maximum absolute atomic E-state index is 15.5. The molecule has 2 aromatic carbocycles. The smallest absolute Gasteiger partial charge is 0.265 e. The fraction of sp³-hybridized carbons (Fsp3) is 0.160. The van der Waals surface area contributed by atoms with E-state index in [0.29, 0.717) is 42.8 Å². The van der Waals surface area contributed by atoms with Crippen molar-refractivity contribution in [2.75, 3.05) is 16.6 Å². The van der Waals surface area contributed by atoms with Crippen molar-refractivity contribution in [3.8, 4) is 6.07 Å². The Kier molecular flexibility index (Phi) is 6.28. The number of carbonyl (C=O) groups excluding carboxylic acids is 1. The summed E-state index contributed by atoms with van der Waals surface area (Å²) in [6.45, 7) is 0.517. The van der Waals surface area contributed by atoms with Gasteiger partial charge in [0.2, 0.25) is 5.78 Å². The first-order chi connectivity index (χ1) is 18.1. The molecule has 0 bridgehead atoms. The quantitative estimate of drug-likeness (QED) is 0.216. The van der Waals surface area contributed by atoms with E-state index in [2.05, 4.69) is 15.3 Å². The third-order valence-corrected chi connectivity index (χ3v) is 7.46. The van der Waals surface area contributed by atoms with E-state index in [1.807, 2.05) is 6.07 Å². The fourth-order valence-corrected chi connectivity index (χ4v) is 5.12. The van der Waals surface area contributed by atoms with E-state index in [4.69, 9.17) is 0 Å². The summed E-state index contributed by atoms with van der Waals surface area (Å²) in [5.41, 5.74) is -1.59. The van der Waals surface area contributed by atoms with E-state index in [0.717, 1.165) is 12.8 Å². The molecule has 0 atom stereocenters. The van der Waals surface area contributed by atoms with E-state index in [-0.39, 0.29) is 27.8 Å². The molecule has 0 spiro atoms. The predicted octanol–water partition coefficient (Wildman–Crippen LogP) is 4.84. The van der Waals surface area contributed by atoms with Gasteiger partial charge in [-0.1, -0.05) is 0 Å². The Morgan fingerprint density at radius 2 is 1.87 bits per heavy atom. The molecule has 2 heterocycles. The number of halogens is 4. The molecule has 0 unspecified atom stereocenters. The molecule has 2 aromatic heterocycles. The Bertz CT molecular complexity index is 1760. The van der Waals surface area contributed by atoms with Crippen molar-refractivity contribution in [1.29, 1.82) is 5.26 Å². The number of hydrogen-bond donors (Lipinski definition) is 3. The molecule has 1 aliphatic carbocycles. The molecule has 13 heteroatoms. The highest BCUT2D eigenvalue weighted by Gasteiger charge is 2.29. The van der Waals surface area contributed by atoms with Crippen LogP contribution in [0.1, 0.15) is 34.3 Å². The van der Waals surface area contributed by atoms with Gasteiger partial charge in [0, 0.05) is 18.9 Å². The monoisotopic (exact) mass is 543 g/mol. The lowest BCUT2D eigenvalue weighted by atomic mass is 10.00.